The molecule has 5 heteroatoms. The lowest BCUT2D eigenvalue weighted by atomic mass is 10.2. The number of nitrogen functional groups attached to an aromatic ring is 1. The molecule has 4 N–H and O–H groups in total. The number of carbonyl (C=O) groups excluding carboxylic acids is 1. The number of rotatable bonds is 2. The van der Waals surface area contributed by atoms with Gasteiger partial charge in [-0.05, 0) is 42.5 Å². The topological polar surface area (TPSA) is 83.8 Å². The van der Waals surface area contributed by atoms with Crippen LogP contribution in [0.25, 0.3) is 22.4 Å². The summed E-state index contributed by atoms with van der Waals surface area (Å²) < 4.78 is 0. The number of carbonyl (C=O) groups is 1. The van der Waals surface area contributed by atoms with Crippen LogP contribution < -0.4 is 11.1 Å². The van der Waals surface area contributed by atoms with Crippen molar-refractivity contribution >= 4 is 22.6 Å². The average Bonchev–Trinajstić information content (AvgIpc) is 2.90. The molecule has 0 aliphatic rings. The Hall–Kier alpha value is -2.82. The molecule has 0 saturated carbocycles. The second-order valence-corrected chi connectivity index (χ2v) is 4.52. The maximum Gasteiger partial charge on any atom is 0.251 e. The number of imidazole rings is 1. The predicted molar refractivity (Wildman–Crippen MR) is 79.3 cm³/mol. The Morgan fingerprint density at radius 2 is 1.95 bits per heavy atom. The van der Waals surface area contributed by atoms with Gasteiger partial charge in [-0.15, -0.1) is 0 Å². The maximum atomic E-state index is 11.6. The standard InChI is InChI=1S/C15H14N4O/c1-17-15(20)10-4-7-12-13(8-10)19-14(18-12)9-2-5-11(16)6-3-9/h2-8H,16H2,1H3,(H,17,20)(H,18,19). The molecule has 0 saturated heterocycles. The third-order valence-corrected chi connectivity index (χ3v) is 3.16. The third-order valence-electron chi connectivity index (χ3n) is 3.16. The number of hydrogen-bond acceptors (Lipinski definition) is 3. The first-order chi connectivity index (χ1) is 9.67. The summed E-state index contributed by atoms with van der Waals surface area (Å²) in [5.74, 6) is 0.643. The minimum Gasteiger partial charge on any atom is -0.399 e. The summed E-state index contributed by atoms with van der Waals surface area (Å²) in [6.07, 6.45) is 0. The molecular weight excluding hydrogens is 252 g/mol. The van der Waals surface area contributed by atoms with Gasteiger partial charge >= 0.3 is 0 Å². The summed E-state index contributed by atoms with van der Waals surface area (Å²) >= 11 is 0. The van der Waals surface area contributed by atoms with E-state index in [0.29, 0.717) is 11.3 Å². The van der Waals surface area contributed by atoms with Gasteiger partial charge in [-0.3, -0.25) is 4.79 Å². The van der Waals surface area contributed by atoms with Crippen molar-refractivity contribution < 1.29 is 4.79 Å². The van der Waals surface area contributed by atoms with Gasteiger partial charge in [0, 0.05) is 23.9 Å². The van der Waals surface area contributed by atoms with Gasteiger partial charge in [0.15, 0.2) is 0 Å². The largest absolute Gasteiger partial charge is 0.399 e. The van der Waals surface area contributed by atoms with E-state index in [1.54, 1.807) is 19.2 Å². The normalized spacial score (nSPS) is 10.7. The van der Waals surface area contributed by atoms with Crippen molar-refractivity contribution in [2.24, 2.45) is 0 Å². The molecule has 0 fully saturated rings. The molecule has 2 aromatic carbocycles. The first-order valence-electron chi connectivity index (χ1n) is 6.25. The van der Waals surface area contributed by atoms with Gasteiger partial charge in [-0.25, -0.2) is 4.98 Å². The average molecular weight is 266 g/mol. The minimum atomic E-state index is -0.115. The van der Waals surface area contributed by atoms with E-state index in [1.807, 2.05) is 30.3 Å². The van der Waals surface area contributed by atoms with E-state index in [9.17, 15) is 4.79 Å². The summed E-state index contributed by atoms with van der Waals surface area (Å²) in [6, 6.07) is 12.9. The molecule has 1 aromatic heterocycles. The highest BCUT2D eigenvalue weighted by Gasteiger charge is 2.08. The Morgan fingerprint density at radius 1 is 1.20 bits per heavy atom. The lowest BCUT2D eigenvalue weighted by Gasteiger charge is -1.98. The van der Waals surface area contributed by atoms with E-state index in [-0.39, 0.29) is 5.91 Å². The molecular formula is C15H14N4O. The van der Waals surface area contributed by atoms with E-state index < -0.39 is 0 Å². The lowest BCUT2D eigenvalue weighted by Crippen LogP contribution is -2.17. The molecule has 100 valence electrons. The maximum absolute atomic E-state index is 11.6. The van der Waals surface area contributed by atoms with Crippen LogP contribution >= 0.6 is 0 Å². The number of nitrogens with one attached hydrogen (secondary N) is 2. The number of benzene rings is 2. The Kier molecular flexibility index (Phi) is 2.87. The fourth-order valence-electron chi connectivity index (χ4n) is 2.07. The second kappa shape index (κ2) is 4.70. The number of anilines is 1. The van der Waals surface area contributed by atoms with Crippen molar-refractivity contribution in [1.82, 2.24) is 15.3 Å². The Bertz CT molecular complexity index is 774. The number of amides is 1. The molecule has 3 rings (SSSR count). The zero-order valence-corrected chi connectivity index (χ0v) is 11.0. The van der Waals surface area contributed by atoms with Gasteiger partial charge in [0.1, 0.15) is 5.82 Å². The number of aromatic nitrogens is 2. The van der Waals surface area contributed by atoms with Gasteiger partial charge in [0.25, 0.3) is 5.91 Å². The van der Waals surface area contributed by atoms with Crippen LogP contribution in [0.5, 0.6) is 0 Å². The quantitative estimate of drug-likeness (QED) is 0.621. The van der Waals surface area contributed by atoms with Crippen molar-refractivity contribution in [3.8, 4) is 11.4 Å². The summed E-state index contributed by atoms with van der Waals surface area (Å²) in [5, 5.41) is 2.60. The van der Waals surface area contributed by atoms with Crippen LogP contribution in [-0.4, -0.2) is 22.9 Å². The van der Waals surface area contributed by atoms with Gasteiger partial charge in [0.2, 0.25) is 0 Å². The lowest BCUT2D eigenvalue weighted by molar-refractivity contribution is 0.0963. The van der Waals surface area contributed by atoms with E-state index >= 15 is 0 Å². The summed E-state index contributed by atoms with van der Waals surface area (Å²) in [7, 11) is 1.61. The first-order valence-corrected chi connectivity index (χ1v) is 6.25. The first kappa shape index (κ1) is 12.2. The molecule has 0 aliphatic carbocycles. The predicted octanol–water partition coefficient (Wildman–Crippen LogP) is 2.17. The number of aromatic amines is 1. The molecule has 3 aromatic rings. The molecule has 1 amide bonds. The summed E-state index contributed by atoms with van der Waals surface area (Å²) in [5.41, 5.74) is 9.60. The third kappa shape index (κ3) is 2.09. The number of nitrogens with two attached hydrogens (primary N) is 1. The molecule has 20 heavy (non-hydrogen) atoms. The Labute approximate surface area is 115 Å². The molecule has 0 atom stereocenters. The Morgan fingerprint density at radius 3 is 2.65 bits per heavy atom. The molecule has 5 nitrogen and oxygen atoms in total. The van der Waals surface area contributed by atoms with E-state index in [2.05, 4.69) is 15.3 Å². The SMILES string of the molecule is CNC(=O)c1ccc2nc(-c3ccc(N)cc3)[nH]c2c1. The highest BCUT2D eigenvalue weighted by molar-refractivity contribution is 5.97. The molecule has 1 heterocycles. The molecule has 0 bridgehead atoms. The molecule has 0 radical (unpaired) electrons. The van der Waals surface area contributed by atoms with Crippen molar-refractivity contribution in [2.75, 3.05) is 12.8 Å². The van der Waals surface area contributed by atoms with E-state index in [1.165, 1.54) is 0 Å². The van der Waals surface area contributed by atoms with Crippen molar-refractivity contribution in [1.29, 1.82) is 0 Å². The number of nitrogens with zero attached hydrogens (tertiary/aromatic N) is 1. The number of hydrogen-bond donors (Lipinski definition) is 3. The second-order valence-electron chi connectivity index (χ2n) is 4.52. The van der Waals surface area contributed by atoms with Gasteiger partial charge in [0.05, 0.1) is 11.0 Å². The fourth-order valence-corrected chi connectivity index (χ4v) is 2.07. The van der Waals surface area contributed by atoms with E-state index in [4.69, 9.17) is 5.73 Å². The summed E-state index contributed by atoms with van der Waals surface area (Å²) in [6.45, 7) is 0. The van der Waals surface area contributed by atoms with Crippen LogP contribution in [0, 0.1) is 0 Å². The Balaban J connectivity index is 2.06. The molecule has 0 aliphatic heterocycles. The van der Waals surface area contributed by atoms with Crippen molar-refractivity contribution in [3.63, 3.8) is 0 Å². The van der Waals surface area contributed by atoms with Crippen LogP contribution in [-0.2, 0) is 0 Å². The summed E-state index contributed by atoms with van der Waals surface area (Å²) in [4.78, 5) is 19.3. The van der Waals surface area contributed by atoms with Gasteiger partial charge in [-0.1, -0.05) is 0 Å². The highest BCUT2D eigenvalue weighted by Crippen LogP contribution is 2.22. The van der Waals surface area contributed by atoms with Crippen LogP contribution in [0.1, 0.15) is 10.4 Å². The number of H-pyrrole nitrogens is 1. The van der Waals surface area contributed by atoms with Crippen LogP contribution in [0.3, 0.4) is 0 Å². The molecule has 0 unspecified atom stereocenters. The zero-order valence-electron chi connectivity index (χ0n) is 11.0. The number of fused-ring (bicyclic) bond motifs is 1. The van der Waals surface area contributed by atoms with Gasteiger partial charge in [-0.2, -0.15) is 0 Å². The minimum absolute atomic E-state index is 0.115. The smallest absolute Gasteiger partial charge is 0.251 e. The fraction of sp³-hybridized carbons (Fsp3) is 0.0667. The van der Waals surface area contributed by atoms with Crippen LogP contribution in [0.2, 0.25) is 0 Å². The van der Waals surface area contributed by atoms with E-state index in [0.717, 1.165) is 22.4 Å². The van der Waals surface area contributed by atoms with Gasteiger partial charge < -0.3 is 16.0 Å². The van der Waals surface area contributed by atoms with Crippen molar-refractivity contribution in [2.45, 2.75) is 0 Å². The van der Waals surface area contributed by atoms with Crippen LogP contribution in [0.15, 0.2) is 42.5 Å². The molecule has 0 spiro atoms. The van der Waals surface area contributed by atoms with Crippen molar-refractivity contribution in [3.05, 3.63) is 48.0 Å². The zero-order chi connectivity index (χ0) is 14.1. The monoisotopic (exact) mass is 266 g/mol. The highest BCUT2D eigenvalue weighted by atomic mass is 16.1. The van der Waals surface area contributed by atoms with Crippen LogP contribution in [0.4, 0.5) is 5.69 Å².